The van der Waals surface area contributed by atoms with Gasteiger partial charge in [-0.15, -0.1) is 11.8 Å². The molecule has 3 rings (SSSR count). The zero-order chi connectivity index (χ0) is 16.9. The first kappa shape index (κ1) is 16.8. The maximum Gasteiger partial charge on any atom is 0.233 e. The topological polar surface area (TPSA) is 36.4 Å². The van der Waals surface area contributed by atoms with E-state index >= 15 is 0 Å². The maximum atomic E-state index is 12.4. The molecule has 0 bridgehead atoms. The van der Waals surface area contributed by atoms with Gasteiger partial charge in [-0.2, -0.15) is 0 Å². The highest BCUT2D eigenvalue weighted by atomic mass is 32.2. The van der Waals surface area contributed by atoms with E-state index in [1.807, 2.05) is 49.1 Å². The summed E-state index contributed by atoms with van der Waals surface area (Å²) in [6, 6.07) is 14.3. The molecule has 0 radical (unpaired) electrons. The predicted octanol–water partition coefficient (Wildman–Crippen LogP) is 3.14. The second-order valence-corrected chi connectivity index (χ2v) is 7.13. The van der Waals surface area contributed by atoms with Crippen molar-refractivity contribution < 1.29 is 4.79 Å². The number of hydrogen-bond donors (Lipinski definition) is 0. The first-order valence-corrected chi connectivity index (χ1v) is 9.26. The summed E-state index contributed by atoms with van der Waals surface area (Å²) >= 11 is 1.61. The molecule has 0 aliphatic carbocycles. The van der Waals surface area contributed by atoms with Crippen LogP contribution in [-0.2, 0) is 4.79 Å². The molecule has 1 aliphatic rings. The summed E-state index contributed by atoms with van der Waals surface area (Å²) in [5.41, 5.74) is 3.30. The van der Waals surface area contributed by atoms with E-state index < -0.39 is 0 Å². The molecule has 0 atom stereocenters. The number of carbonyl (C=O) groups excluding carboxylic acids is 1. The van der Waals surface area contributed by atoms with Crippen molar-refractivity contribution in [2.75, 3.05) is 36.8 Å². The molecule has 0 spiro atoms. The van der Waals surface area contributed by atoms with Crippen molar-refractivity contribution in [1.82, 2.24) is 9.88 Å². The van der Waals surface area contributed by atoms with Gasteiger partial charge in [-0.1, -0.05) is 18.2 Å². The summed E-state index contributed by atoms with van der Waals surface area (Å²) < 4.78 is 0. The van der Waals surface area contributed by atoms with Crippen molar-refractivity contribution in [2.45, 2.75) is 18.7 Å². The van der Waals surface area contributed by atoms with Gasteiger partial charge in [0.05, 0.1) is 5.75 Å². The largest absolute Gasteiger partial charge is 0.368 e. The Morgan fingerprint density at radius 1 is 1.04 bits per heavy atom. The third kappa shape index (κ3) is 4.29. The van der Waals surface area contributed by atoms with Crippen LogP contribution < -0.4 is 4.90 Å². The summed E-state index contributed by atoms with van der Waals surface area (Å²) in [7, 11) is 0. The Bertz CT molecular complexity index is 677. The molecular weight excluding hydrogens is 318 g/mol. The van der Waals surface area contributed by atoms with Gasteiger partial charge in [0.25, 0.3) is 0 Å². The van der Waals surface area contributed by atoms with Crippen molar-refractivity contribution >= 4 is 23.4 Å². The van der Waals surface area contributed by atoms with Crippen LogP contribution in [0.2, 0.25) is 0 Å². The molecule has 0 N–H and O–H groups in total. The molecule has 0 saturated carbocycles. The molecule has 1 amide bonds. The highest BCUT2D eigenvalue weighted by Crippen LogP contribution is 2.20. The van der Waals surface area contributed by atoms with Crippen LogP contribution in [0.5, 0.6) is 0 Å². The van der Waals surface area contributed by atoms with Crippen LogP contribution in [0.25, 0.3) is 0 Å². The molecule has 5 heteroatoms. The summed E-state index contributed by atoms with van der Waals surface area (Å²) in [4.78, 5) is 22.3. The second kappa shape index (κ2) is 7.71. The van der Waals surface area contributed by atoms with E-state index in [9.17, 15) is 4.79 Å². The molecule has 1 saturated heterocycles. The summed E-state index contributed by atoms with van der Waals surface area (Å²) in [6.07, 6.45) is 0. The number of pyridine rings is 1. The Kier molecular flexibility index (Phi) is 5.41. The number of hydrogen-bond acceptors (Lipinski definition) is 4. The third-order valence-electron chi connectivity index (χ3n) is 4.17. The van der Waals surface area contributed by atoms with E-state index in [0.717, 1.165) is 42.5 Å². The first-order chi connectivity index (χ1) is 11.6. The molecule has 24 heavy (non-hydrogen) atoms. The van der Waals surface area contributed by atoms with Crippen LogP contribution in [0.4, 0.5) is 5.69 Å². The van der Waals surface area contributed by atoms with Gasteiger partial charge < -0.3 is 9.80 Å². The van der Waals surface area contributed by atoms with Crippen molar-refractivity contribution in [3.8, 4) is 0 Å². The molecule has 1 fully saturated rings. The maximum absolute atomic E-state index is 12.4. The zero-order valence-corrected chi connectivity index (χ0v) is 15.1. The predicted molar refractivity (Wildman–Crippen MR) is 99.7 cm³/mol. The number of benzene rings is 1. The number of nitrogens with zero attached hydrogens (tertiary/aromatic N) is 3. The van der Waals surface area contributed by atoms with Crippen molar-refractivity contribution in [3.05, 3.63) is 53.9 Å². The van der Waals surface area contributed by atoms with Crippen molar-refractivity contribution in [2.24, 2.45) is 0 Å². The van der Waals surface area contributed by atoms with Crippen LogP contribution in [0.3, 0.4) is 0 Å². The van der Waals surface area contributed by atoms with E-state index in [4.69, 9.17) is 0 Å². The van der Waals surface area contributed by atoms with Gasteiger partial charge >= 0.3 is 0 Å². The average molecular weight is 341 g/mol. The highest BCUT2D eigenvalue weighted by Gasteiger charge is 2.21. The van der Waals surface area contributed by atoms with E-state index in [0.29, 0.717) is 5.75 Å². The lowest BCUT2D eigenvalue weighted by molar-refractivity contribution is -0.128. The van der Waals surface area contributed by atoms with E-state index in [2.05, 4.69) is 22.0 Å². The molecule has 126 valence electrons. The monoisotopic (exact) mass is 341 g/mol. The molecule has 1 aliphatic heterocycles. The standard InChI is InChI=1S/C19H23N3OS/c1-15-12-17(13-16(2)20-15)21-8-10-22(11-9-21)19(23)14-24-18-6-4-3-5-7-18/h3-7,12-13H,8-11,14H2,1-2H3. The summed E-state index contributed by atoms with van der Waals surface area (Å²) in [5.74, 6) is 0.739. The van der Waals surface area contributed by atoms with Gasteiger partial charge in [0, 0.05) is 48.1 Å². The minimum absolute atomic E-state index is 0.227. The van der Waals surface area contributed by atoms with Gasteiger partial charge in [0.2, 0.25) is 5.91 Å². The molecule has 1 aromatic carbocycles. The Balaban J connectivity index is 1.52. The summed E-state index contributed by atoms with van der Waals surface area (Å²) in [6.45, 7) is 7.38. The fourth-order valence-corrected chi connectivity index (χ4v) is 3.78. The van der Waals surface area contributed by atoms with Crippen LogP contribution in [0, 0.1) is 13.8 Å². The molecular formula is C19H23N3OS. The third-order valence-corrected chi connectivity index (χ3v) is 5.17. The van der Waals surface area contributed by atoms with Gasteiger partial charge in [0.1, 0.15) is 0 Å². The quantitative estimate of drug-likeness (QED) is 0.801. The van der Waals surface area contributed by atoms with E-state index in [1.165, 1.54) is 5.69 Å². The van der Waals surface area contributed by atoms with E-state index in [-0.39, 0.29) is 5.91 Å². The average Bonchev–Trinajstić information content (AvgIpc) is 2.60. The smallest absolute Gasteiger partial charge is 0.233 e. The number of thioether (sulfide) groups is 1. The van der Waals surface area contributed by atoms with Crippen LogP contribution in [-0.4, -0.2) is 47.7 Å². The van der Waals surface area contributed by atoms with Crippen molar-refractivity contribution in [1.29, 1.82) is 0 Å². The van der Waals surface area contributed by atoms with Crippen LogP contribution in [0.1, 0.15) is 11.4 Å². The number of aromatic nitrogens is 1. The van der Waals surface area contributed by atoms with Gasteiger partial charge in [0.15, 0.2) is 0 Å². The number of amides is 1. The zero-order valence-electron chi connectivity index (χ0n) is 14.2. The van der Waals surface area contributed by atoms with Crippen molar-refractivity contribution in [3.63, 3.8) is 0 Å². The van der Waals surface area contributed by atoms with Crippen LogP contribution >= 0.6 is 11.8 Å². The SMILES string of the molecule is Cc1cc(N2CCN(C(=O)CSc3ccccc3)CC2)cc(C)n1. The Labute approximate surface area is 147 Å². The van der Waals surface area contributed by atoms with Gasteiger partial charge in [-0.05, 0) is 38.1 Å². The second-order valence-electron chi connectivity index (χ2n) is 6.08. The van der Waals surface area contributed by atoms with E-state index in [1.54, 1.807) is 11.8 Å². The normalized spacial score (nSPS) is 14.8. The number of anilines is 1. The minimum atomic E-state index is 0.227. The molecule has 2 aromatic rings. The lowest BCUT2D eigenvalue weighted by atomic mass is 10.2. The number of piperazine rings is 1. The number of rotatable bonds is 4. The minimum Gasteiger partial charge on any atom is -0.368 e. The van der Waals surface area contributed by atoms with Gasteiger partial charge in [-0.25, -0.2) is 0 Å². The fraction of sp³-hybridized carbons (Fsp3) is 0.368. The molecule has 4 nitrogen and oxygen atoms in total. The number of carbonyl (C=O) groups is 1. The lowest BCUT2D eigenvalue weighted by Gasteiger charge is -2.36. The first-order valence-electron chi connectivity index (χ1n) is 8.28. The number of aryl methyl sites for hydroxylation is 2. The Morgan fingerprint density at radius 2 is 1.67 bits per heavy atom. The Morgan fingerprint density at radius 3 is 2.29 bits per heavy atom. The van der Waals surface area contributed by atoms with Gasteiger partial charge in [-0.3, -0.25) is 9.78 Å². The summed E-state index contributed by atoms with van der Waals surface area (Å²) in [5, 5.41) is 0. The Hall–Kier alpha value is -2.01. The molecule has 2 heterocycles. The molecule has 0 unspecified atom stereocenters. The highest BCUT2D eigenvalue weighted by molar-refractivity contribution is 8.00. The molecule has 1 aromatic heterocycles. The lowest BCUT2D eigenvalue weighted by Crippen LogP contribution is -2.49. The van der Waals surface area contributed by atoms with Crippen LogP contribution in [0.15, 0.2) is 47.4 Å². The fourth-order valence-electron chi connectivity index (χ4n) is 2.96.